The van der Waals surface area contributed by atoms with Crippen molar-refractivity contribution in [2.24, 2.45) is 5.92 Å². The Labute approximate surface area is 105 Å². The van der Waals surface area contributed by atoms with Crippen LogP contribution in [0.25, 0.3) is 0 Å². The van der Waals surface area contributed by atoms with Gasteiger partial charge in [-0.1, -0.05) is 0 Å². The SMILES string of the molecule is O=C(O)c1ccc(NCC2CCCOC2)cc1F. The molecule has 1 heterocycles. The van der Waals surface area contributed by atoms with E-state index >= 15 is 0 Å². The maximum atomic E-state index is 13.4. The first-order chi connectivity index (χ1) is 8.66. The van der Waals surface area contributed by atoms with Gasteiger partial charge in [-0.3, -0.25) is 0 Å². The van der Waals surface area contributed by atoms with E-state index in [1.54, 1.807) is 6.07 Å². The highest BCUT2D eigenvalue weighted by Crippen LogP contribution is 2.17. The minimum Gasteiger partial charge on any atom is -0.478 e. The van der Waals surface area contributed by atoms with Crippen LogP contribution in [0.3, 0.4) is 0 Å². The Morgan fingerprint density at radius 3 is 3.00 bits per heavy atom. The van der Waals surface area contributed by atoms with Crippen molar-refractivity contribution in [2.75, 3.05) is 25.1 Å². The van der Waals surface area contributed by atoms with Gasteiger partial charge in [0.15, 0.2) is 0 Å². The molecule has 18 heavy (non-hydrogen) atoms. The lowest BCUT2D eigenvalue weighted by Gasteiger charge is -2.22. The molecule has 1 saturated heterocycles. The third kappa shape index (κ3) is 3.20. The lowest BCUT2D eigenvalue weighted by atomic mass is 10.0. The van der Waals surface area contributed by atoms with Crippen LogP contribution in [0.1, 0.15) is 23.2 Å². The van der Waals surface area contributed by atoms with Crippen LogP contribution >= 0.6 is 0 Å². The molecule has 0 aliphatic carbocycles. The van der Waals surface area contributed by atoms with Gasteiger partial charge in [0.25, 0.3) is 0 Å². The molecule has 1 aromatic rings. The predicted molar refractivity (Wildman–Crippen MR) is 65.4 cm³/mol. The standard InChI is InChI=1S/C13H16FNO3/c14-12-6-10(3-4-11(12)13(16)17)15-7-9-2-1-5-18-8-9/h3-4,6,9,15H,1-2,5,7-8H2,(H,16,17). The van der Waals surface area contributed by atoms with E-state index in [-0.39, 0.29) is 5.56 Å². The fourth-order valence-electron chi connectivity index (χ4n) is 2.03. The van der Waals surface area contributed by atoms with Crippen molar-refractivity contribution < 1.29 is 19.0 Å². The van der Waals surface area contributed by atoms with Gasteiger partial charge in [-0.2, -0.15) is 0 Å². The van der Waals surface area contributed by atoms with Crippen LogP contribution < -0.4 is 5.32 Å². The molecule has 1 unspecified atom stereocenters. The highest BCUT2D eigenvalue weighted by molar-refractivity contribution is 5.88. The van der Waals surface area contributed by atoms with Crippen LogP contribution in [0, 0.1) is 11.7 Å². The van der Waals surface area contributed by atoms with E-state index in [1.165, 1.54) is 12.1 Å². The highest BCUT2D eigenvalue weighted by atomic mass is 19.1. The fraction of sp³-hybridized carbons (Fsp3) is 0.462. The van der Waals surface area contributed by atoms with E-state index in [0.717, 1.165) is 26.1 Å². The minimum absolute atomic E-state index is 0.304. The molecule has 1 aliphatic rings. The summed E-state index contributed by atoms with van der Waals surface area (Å²) in [5, 5.41) is 11.8. The number of ether oxygens (including phenoxy) is 1. The number of aromatic carboxylic acids is 1. The number of hydrogen-bond donors (Lipinski definition) is 2. The van der Waals surface area contributed by atoms with Crippen molar-refractivity contribution in [1.82, 2.24) is 0 Å². The number of carboxylic acids is 1. The van der Waals surface area contributed by atoms with Crippen LogP contribution in [0.4, 0.5) is 10.1 Å². The lowest BCUT2D eigenvalue weighted by Crippen LogP contribution is -2.24. The number of rotatable bonds is 4. The minimum atomic E-state index is -1.25. The molecule has 4 nitrogen and oxygen atoms in total. The maximum Gasteiger partial charge on any atom is 0.338 e. The first-order valence-electron chi connectivity index (χ1n) is 6.01. The number of nitrogens with one attached hydrogen (secondary N) is 1. The molecule has 1 fully saturated rings. The van der Waals surface area contributed by atoms with Gasteiger partial charge in [0.05, 0.1) is 12.2 Å². The molecule has 2 rings (SSSR count). The summed E-state index contributed by atoms with van der Waals surface area (Å²) >= 11 is 0. The van der Waals surface area contributed by atoms with Crippen molar-refractivity contribution >= 4 is 11.7 Å². The molecule has 1 atom stereocenters. The molecular formula is C13H16FNO3. The lowest BCUT2D eigenvalue weighted by molar-refractivity contribution is 0.0595. The molecule has 0 saturated carbocycles. The smallest absolute Gasteiger partial charge is 0.338 e. The van der Waals surface area contributed by atoms with Gasteiger partial charge in [-0.25, -0.2) is 9.18 Å². The molecule has 5 heteroatoms. The maximum absolute atomic E-state index is 13.4. The Kier molecular flexibility index (Phi) is 4.15. The first-order valence-corrected chi connectivity index (χ1v) is 6.01. The van der Waals surface area contributed by atoms with Gasteiger partial charge >= 0.3 is 5.97 Å². The zero-order chi connectivity index (χ0) is 13.0. The van der Waals surface area contributed by atoms with Gasteiger partial charge in [0.2, 0.25) is 0 Å². The van der Waals surface area contributed by atoms with Gasteiger partial charge < -0.3 is 15.2 Å². The summed E-state index contributed by atoms with van der Waals surface area (Å²) in [5.74, 6) is -1.53. The summed E-state index contributed by atoms with van der Waals surface area (Å²) in [4.78, 5) is 10.7. The zero-order valence-corrected chi connectivity index (χ0v) is 9.99. The van der Waals surface area contributed by atoms with Crippen LogP contribution in [0.2, 0.25) is 0 Å². The van der Waals surface area contributed by atoms with Crippen molar-refractivity contribution in [1.29, 1.82) is 0 Å². The van der Waals surface area contributed by atoms with Crippen LogP contribution in [0.15, 0.2) is 18.2 Å². The summed E-state index contributed by atoms with van der Waals surface area (Å²) in [6, 6.07) is 4.07. The summed E-state index contributed by atoms with van der Waals surface area (Å²) in [5.41, 5.74) is 0.296. The molecule has 0 spiro atoms. The molecular weight excluding hydrogens is 237 g/mol. The summed E-state index contributed by atoms with van der Waals surface area (Å²) in [6.45, 7) is 2.26. The summed E-state index contributed by atoms with van der Waals surface area (Å²) in [7, 11) is 0. The summed E-state index contributed by atoms with van der Waals surface area (Å²) < 4.78 is 18.8. The van der Waals surface area contributed by atoms with E-state index in [4.69, 9.17) is 9.84 Å². The monoisotopic (exact) mass is 253 g/mol. The van der Waals surface area contributed by atoms with Crippen molar-refractivity contribution in [3.63, 3.8) is 0 Å². The van der Waals surface area contributed by atoms with Crippen LogP contribution in [-0.4, -0.2) is 30.8 Å². The van der Waals surface area contributed by atoms with Crippen LogP contribution in [-0.2, 0) is 4.74 Å². The van der Waals surface area contributed by atoms with Crippen molar-refractivity contribution in [3.05, 3.63) is 29.6 Å². The second-order valence-corrected chi connectivity index (χ2v) is 4.46. The van der Waals surface area contributed by atoms with Crippen molar-refractivity contribution in [2.45, 2.75) is 12.8 Å². The third-order valence-electron chi connectivity index (χ3n) is 3.05. The van der Waals surface area contributed by atoms with Crippen LogP contribution in [0.5, 0.6) is 0 Å². The van der Waals surface area contributed by atoms with Gasteiger partial charge in [0.1, 0.15) is 5.82 Å². The summed E-state index contributed by atoms with van der Waals surface area (Å²) in [6.07, 6.45) is 2.15. The number of hydrogen-bond acceptors (Lipinski definition) is 3. The largest absolute Gasteiger partial charge is 0.478 e. The number of carboxylic acid groups (broad SMARTS) is 1. The second kappa shape index (κ2) is 5.82. The predicted octanol–water partition coefficient (Wildman–Crippen LogP) is 2.36. The Bertz CT molecular complexity index is 430. The number of benzene rings is 1. The molecule has 0 amide bonds. The normalized spacial score (nSPS) is 19.5. The number of halogens is 1. The van der Waals surface area contributed by atoms with E-state index in [2.05, 4.69) is 5.32 Å². The van der Waals surface area contributed by atoms with E-state index in [9.17, 15) is 9.18 Å². The van der Waals surface area contributed by atoms with E-state index < -0.39 is 11.8 Å². The molecule has 0 bridgehead atoms. The Morgan fingerprint density at radius 2 is 2.39 bits per heavy atom. The van der Waals surface area contributed by atoms with E-state index in [0.29, 0.717) is 18.2 Å². The molecule has 2 N–H and O–H groups in total. The number of anilines is 1. The topological polar surface area (TPSA) is 58.6 Å². The van der Waals surface area contributed by atoms with Gasteiger partial charge in [-0.05, 0) is 37.0 Å². The first kappa shape index (κ1) is 12.8. The van der Waals surface area contributed by atoms with Crippen molar-refractivity contribution in [3.8, 4) is 0 Å². The Balaban J connectivity index is 1.93. The average molecular weight is 253 g/mol. The third-order valence-corrected chi connectivity index (χ3v) is 3.05. The number of carbonyl (C=O) groups is 1. The quantitative estimate of drug-likeness (QED) is 0.864. The molecule has 1 aromatic carbocycles. The molecule has 0 radical (unpaired) electrons. The van der Waals surface area contributed by atoms with Gasteiger partial charge in [-0.15, -0.1) is 0 Å². The van der Waals surface area contributed by atoms with E-state index in [1.807, 2.05) is 0 Å². The molecule has 1 aliphatic heterocycles. The molecule has 98 valence electrons. The zero-order valence-electron chi connectivity index (χ0n) is 9.99. The fourth-order valence-corrected chi connectivity index (χ4v) is 2.03. The highest BCUT2D eigenvalue weighted by Gasteiger charge is 2.14. The Hall–Kier alpha value is -1.62. The average Bonchev–Trinajstić information content (AvgIpc) is 2.37. The second-order valence-electron chi connectivity index (χ2n) is 4.46. The Morgan fingerprint density at radius 1 is 1.56 bits per heavy atom. The van der Waals surface area contributed by atoms with Gasteiger partial charge in [0, 0.05) is 18.8 Å². The molecule has 0 aromatic heterocycles.